The van der Waals surface area contributed by atoms with Gasteiger partial charge in [0.1, 0.15) is 0 Å². The third-order valence-electron chi connectivity index (χ3n) is 7.17. The van der Waals surface area contributed by atoms with Crippen molar-refractivity contribution in [3.05, 3.63) is 90.0 Å². The maximum Gasteiger partial charge on any atom is 0.259 e. The number of amides is 2. The minimum Gasteiger partial charge on any atom is -0.309 e. The molecule has 2 amide bonds. The average Bonchev–Trinajstić information content (AvgIpc) is 3.28. The third-order valence-corrected chi connectivity index (χ3v) is 7.17. The number of fused-ring (bicyclic) bond motifs is 4. The number of hydrogen-bond acceptors (Lipinski definition) is 3. The SMILES string of the molecule is CN1C(=O)C2=C(n3c4ccccc4c4ccc(-c5ccc(C#N)cc5)cc43)C=CCC2(C)C1=O. The summed E-state index contributed by atoms with van der Waals surface area (Å²) in [6.07, 6.45) is 4.48. The van der Waals surface area contributed by atoms with Gasteiger partial charge in [0.15, 0.2) is 0 Å². The number of carbonyl (C=O) groups excluding carboxylic acids is 2. The number of nitriles is 1. The highest BCUT2D eigenvalue weighted by molar-refractivity contribution is 6.22. The Bertz CT molecular complexity index is 1650. The van der Waals surface area contributed by atoms with Crippen molar-refractivity contribution in [2.24, 2.45) is 5.41 Å². The number of imide groups is 1. The Hall–Kier alpha value is -4.43. The first kappa shape index (κ1) is 20.2. The fraction of sp³-hybridized carbons (Fsp3) is 0.138. The lowest BCUT2D eigenvalue weighted by Gasteiger charge is -2.26. The van der Waals surface area contributed by atoms with Crippen molar-refractivity contribution < 1.29 is 9.59 Å². The van der Waals surface area contributed by atoms with Gasteiger partial charge in [-0.1, -0.05) is 48.5 Å². The molecule has 5 heteroatoms. The molecule has 2 aliphatic rings. The van der Waals surface area contributed by atoms with E-state index >= 15 is 0 Å². The van der Waals surface area contributed by atoms with Crippen LogP contribution in [0.2, 0.25) is 0 Å². The Morgan fingerprint density at radius 1 is 0.912 bits per heavy atom. The molecule has 1 unspecified atom stereocenters. The number of nitrogens with zero attached hydrogens (tertiary/aromatic N) is 3. The van der Waals surface area contributed by atoms with Crippen LogP contribution in [0.4, 0.5) is 0 Å². The number of hydrogen-bond donors (Lipinski definition) is 0. The molecule has 0 spiro atoms. The molecular weight excluding hydrogens is 422 g/mol. The number of rotatable bonds is 2. The van der Waals surface area contributed by atoms with Gasteiger partial charge in [-0.3, -0.25) is 14.5 Å². The maximum atomic E-state index is 13.3. The Labute approximate surface area is 196 Å². The van der Waals surface area contributed by atoms with Crippen molar-refractivity contribution >= 4 is 39.3 Å². The van der Waals surface area contributed by atoms with E-state index in [-0.39, 0.29) is 11.8 Å². The molecule has 2 heterocycles. The number of allylic oxidation sites excluding steroid dienone is 3. The highest BCUT2D eigenvalue weighted by atomic mass is 16.2. The predicted molar refractivity (Wildman–Crippen MR) is 132 cm³/mol. The molecule has 1 aliphatic heterocycles. The molecule has 1 aromatic heterocycles. The van der Waals surface area contributed by atoms with Crippen LogP contribution in [0.5, 0.6) is 0 Å². The predicted octanol–water partition coefficient (Wildman–Crippen LogP) is 5.51. The summed E-state index contributed by atoms with van der Waals surface area (Å²) in [5.74, 6) is -0.394. The first-order chi connectivity index (χ1) is 16.4. The number of likely N-dealkylation sites (N-methyl/N-ethyl adjacent to an activating group) is 1. The monoisotopic (exact) mass is 443 g/mol. The van der Waals surface area contributed by atoms with E-state index in [0.29, 0.717) is 17.6 Å². The van der Waals surface area contributed by atoms with Crippen molar-refractivity contribution in [3.8, 4) is 17.2 Å². The van der Waals surface area contributed by atoms with Crippen molar-refractivity contribution in [2.45, 2.75) is 13.3 Å². The highest BCUT2D eigenvalue weighted by Gasteiger charge is 2.53. The van der Waals surface area contributed by atoms with Gasteiger partial charge in [0.25, 0.3) is 5.91 Å². The van der Waals surface area contributed by atoms with Crippen molar-refractivity contribution in [3.63, 3.8) is 0 Å². The van der Waals surface area contributed by atoms with Gasteiger partial charge in [-0.05, 0) is 54.8 Å². The smallest absolute Gasteiger partial charge is 0.259 e. The lowest BCUT2D eigenvalue weighted by Crippen LogP contribution is -2.31. The molecule has 3 aromatic carbocycles. The molecule has 164 valence electrons. The maximum absolute atomic E-state index is 13.3. The van der Waals surface area contributed by atoms with Gasteiger partial charge in [0.2, 0.25) is 5.91 Å². The van der Waals surface area contributed by atoms with Crippen LogP contribution < -0.4 is 0 Å². The fourth-order valence-corrected chi connectivity index (χ4v) is 5.38. The van der Waals surface area contributed by atoms with Gasteiger partial charge in [-0.15, -0.1) is 0 Å². The fourth-order valence-electron chi connectivity index (χ4n) is 5.38. The summed E-state index contributed by atoms with van der Waals surface area (Å²) >= 11 is 0. The second kappa shape index (κ2) is 7.03. The lowest BCUT2D eigenvalue weighted by molar-refractivity contribution is -0.139. The van der Waals surface area contributed by atoms with E-state index in [1.165, 1.54) is 4.90 Å². The third kappa shape index (κ3) is 2.60. The van der Waals surface area contributed by atoms with E-state index in [1.54, 1.807) is 7.05 Å². The summed E-state index contributed by atoms with van der Waals surface area (Å²) in [5.41, 5.74) is 5.03. The summed E-state index contributed by atoms with van der Waals surface area (Å²) in [6, 6.07) is 24.1. The molecule has 0 radical (unpaired) electrons. The van der Waals surface area contributed by atoms with Crippen LogP contribution in [0.1, 0.15) is 18.9 Å². The molecule has 0 bridgehead atoms. The van der Waals surface area contributed by atoms with Crippen molar-refractivity contribution in [2.75, 3.05) is 7.05 Å². The van der Waals surface area contributed by atoms with Crippen LogP contribution in [0.3, 0.4) is 0 Å². The zero-order valence-corrected chi connectivity index (χ0v) is 18.9. The van der Waals surface area contributed by atoms with Crippen molar-refractivity contribution in [1.29, 1.82) is 5.26 Å². The zero-order valence-electron chi connectivity index (χ0n) is 18.9. The van der Waals surface area contributed by atoms with E-state index in [2.05, 4.69) is 41.0 Å². The number of para-hydroxylation sites is 1. The van der Waals surface area contributed by atoms with Gasteiger partial charge in [0, 0.05) is 17.8 Å². The normalized spacial score (nSPS) is 19.9. The largest absolute Gasteiger partial charge is 0.309 e. The Morgan fingerprint density at radius 3 is 2.38 bits per heavy atom. The van der Waals surface area contributed by atoms with Crippen LogP contribution in [-0.2, 0) is 9.59 Å². The van der Waals surface area contributed by atoms with Crippen LogP contribution >= 0.6 is 0 Å². The van der Waals surface area contributed by atoms with Crippen molar-refractivity contribution in [1.82, 2.24) is 9.47 Å². The Balaban J connectivity index is 1.68. The number of aromatic nitrogens is 1. The number of likely N-dealkylation sites (tertiary alicyclic amines) is 1. The molecule has 1 aliphatic carbocycles. The first-order valence-electron chi connectivity index (χ1n) is 11.2. The lowest BCUT2D eigenvalue weighted by atomic mass is 9.77. The second-order valence-electron chi connectivity index (χ2n) is 9.14. The van der Waals surface area contributed by atoms with E-state index in [1.807, 2.05) is 55.5 Å². The molecule has 4 aromatic rings. The van der Waals surface area contributed by atoms with Crippen LogP contribution in [0.15, 0.2) is 84.5 Å². The van der Waals surface area contributed by atoms with Crippen LogP contribution in [0, 0.1) is 16.7 Å². The summed E-state index contributed by atoms with van der Waals surface area (Å²) in [6.45, 7) is 1.87. The van der Waals surface area contributed by atoms with Gasteiger partial charge in [-0.25, -0.2) is 0 Å². The highest BCUT2D eigenvalue weighted by Crippen LogP contribution is 2.47. The topological polar surface area (TPSA) is 66.1 Å². The summed E-state index contributed by atoms with van der Waals surface area (Å²) < 4.78 is 2.12. The second-order valence-corrected chi connectivity index (χ2v) is 9.14. The minimum atomic E-state index is -0.863. The molecule has 5 nitrogen and oxygen atoms in total. The molecule has 1 fully saturated rings. The standard InChI is InChI=1S/C29H21N3O2/c1-29-15-5-8-24(26(29)27(33)31(2)28(29)34)32-23-7-4-3-6-21(23)22-14-13-20(16-25(22)32)19-11-9-18(17-30)10-12-19/h3-14,16H,15H2,1-2H3. The summed E-state index contributed by atoms with van der Waals surface area (Å²) in [5, 5.41) is 11.3. The minimum absolute atomic E-state index is 0.159. The molecule has 6 rings (SSSR count). The quantitative estimate of drug-likeness (QED) is 0.384. The molecule has 34 heavy (non-hydrogen) atoms. The molecule has 1 atom stereocenters. The van der Waals surface area contributed by atoms with Gasteiger partial charge in [-0.2, -0.15) is 5.26 Å². The van der Waals surface area contributed by atoms with Gasteiger partial charge < -0.3 is 4.57 Å². The van der Waals surface area contributed by atoms with E-state index in [9.17, 15) is 9.59 Å². The molecule has 0 saturated carbocycles. The van der Waals surface area contributed by atoms with E-state index < -0.39 is 5.41 Å². The van der Waals surface area contributed by atoms with Gasteiger partial charge in [0.05, 0.1) is 39.4 Å². The molecular formula is C29H21N3O2. The van der Waals surface area contributed by atoms with Crippen LogP contribution in [0.25, 0.3) is 38.6 Å². The summed E-state index contributed by atoms with van der Waals surface area (Å²) in [7, 11) is 1.56. The average molecular weight is 444 g/mol. The van der Waals surface area contributed by atoms with Crippen LogP contribution in [-0.4, -0.2) is 28.3 Å². The first-order valence-corrected chi connectivity index (χ1v) is 11.2. The Morgan fingerprint density at radius 2 is 1.62 bits per heavy atom. The number of benzene rings is 3. The molecule has 0 N–H and O–H groups in total. The van der Waals surface area contributed by atoms with Gasteiger partial charge >= 0.3 is 0 Å². The van der Waals surface area contributed by atoms with E-state index in [4.69, 9.17) is 5.26 Å². The zero-order chi connectivity index (χ0) is 23.6. The van der Waals surface area contributed by atoms with E-state index in [0.717, 1.165) is 38.6 Å². The molecule has 1 saturated heterocycles. The number of carbonyl (C=O) groups is 2. The summed E-state index contributed by atoms with van der Waals surface area (Å²) in [4.78, 5) is 27.5. The Kier molecular flexibility index (Phi) is 4.18.